The Morgan fingerprint density at radius 1 is 1.17 bits per heavy atom. The fourth-order valence-corrected chi connectivity index (χ4v) is 3.00. The normalized spacial score (nSPS) is 11.4. The van der Waals surface area contributed by atoms with E-state index in [1.165, 1.54) is 14.1 Å². The minimum atomic E-state index is -3.77. The highest BCUT2D eigenvalue weighted by Gasteiger charge is 2.17. The summed E-state index contributed by atoms with van der Waals surface area (Å²) in [5.74, 6) is -0.0349. The van der Waals surface area contributed by atoms with Crippen molar-refractivity contribution in [3.63, 3.8) is 0 Å². The Kier molecular flexibility index (Phi) is 6.88. The summed E-state index contributed by atoms with van der Waals surface area (Å²) in [4.78, 5) is 8.50. The molecule has 0 aliphatic carbocycles. The molecule has 11 nitrogen and oxygen atoms in total. The van der Waals surface area contributed by atoms with Gasteiger partial charge in [-0.1, -0.05) is 0 Å². The third-order valence-electron chi connectivity index (χ3n) is 3.99. The van der Waals surface area contributed by atoms with E-state index < -0.39 is 10.2 Å². The van der Waals surface area contributed by atoms with Gasteiger partial charge in [-0.3, -0.25) is 4.72 Å². The van der Waals surface area contributed by atoms with Gasteiger partial charge >= 0.3 is 10.2 Å². The lowest BCUT2D eigenvalue weighted by atomic mass is 10.2. The molecular weight excluding hydrogens is 394 g/mol. The van der Waals surface area contributed by atoms with Gasteiger partial charge in [-0.15, -0.1) is 10.2 Å². The van der Waals surface area contributed by atoms with E-state index in [-0.39, 0.29) is 28.7 Å². The molecule has 0 saturated heterocycles. The lowest BCUT2D eigenvalue weighted by Gasteiger charge is -2.22. The summed E-state index contributed by atoms with van der Waals surface area (Å²) in [5, 5.41) is 25.9. The molecule has 2 N–H and O–H groups in total. The van der Waals surface area contributed by atoms with Gasteiger partial charge in [0.25, 0.3) is 0 Å². The van der Waals surface area contributed by atoms with Crippen molar-refractivity contribution in [2.24, 2.45) is 10.2 Å². The number of nitrogens with one attached hydrogen (secondary N) is 2. The lowest BCUT2D eigenvalue weighted by molar-refractivity contribution is 0.527. The van der Waals surface area contributed by atoms with E-state index in [0.717, 1.165) is 23.1 Å². The maximum atomic E-state index is 12.3. The van der Waals surface area contributed by atoms with Gasteiger partial charge in [0.05, 0.1) is 5.69 Å². The van der Waals surface area contributed by atoms with Crippen LogP contribution in [0.1, 0.15) is 25.2 Å². The van der Waals surface area contributed by atoms with Crippen molar-refractivity contribution in [2.45, 2.75) is 13.8 Å². The fourth-order valence-electron chi connectivity index (χ4n) is 2.38. The number of nitrogens with zero attached hydrogens (tertiary/aromatic N) is 7. The van der Waals surface area contributed by atoms with Crippen LogP contribution in [0.15, 0.2) is 28.4 Å². The van der Waals surface area contributed by atoms with Crippen LogP contribution in [0.4, 0.5) is 23.0 Å². The largest absolute Gasteiger partial charge is 0.372 e. The number of rotatable bonds is 8. The second-order valence-electron chi connectivity index (χ2n) is 5.97. The van der Waals surface area contributed by atoms with E-state index >= 15 is 0 Å². The summed E-state index contributed by atoms with van der Waals surface area (Å²) in [7, 11) is -0.949. The van der Waals surface area contributed by atoms with Crippen molar-refractivity contribution in [1.29, 1.82) is 10.5 Å². The van der Waals surface area contributed by atoms with Crippen molar-refractivity contribution in [3.8, 4) is 12.1 Å². The van der Waals surface area contributed by atoms with Crippen molar-refractivity contribution in [2.75, 3.05) is 36.8 Å². The summed E-state index contributed by atoms with van der Waals surface area (Å²) in [6.45, 7) is 5.49. The molecule has 12 heteroatoms. The number of anilines is 2. The molecular formula is C17H21N9O2S. The molecule has 0 bridgehead atoms. The standard InChI is InChI=1S/C17H21N9O2S/c1-5-26(6-2)12-7-8-13(14(9-12)24-29(27,28)25(3)4)22-23-17-20-15(10-18)16(11-19)21-17/h7-9,24H,5-6H2,1-4H3,(H,20,21)/b23-22+. The van der Waals surface area contributed by atoms with Gasteiger partial charge < -0.3 is 9.88 Å². The number of aromatic nitrogens is 2. The molecule has 0 atom stereocenters. The van der Waals surface area contributed by atoms with E-state index in [9.17, 15) is 8.42 Å². The van der Waals surface area contributed by atoms with Crippen LogP contribution >= 0.6 is 0 Å². The zero-order chi connectivity index (χ0) is 21.6. The van der Waals surface area contributed by atoms with Gasteiger partial charge in [-0.25, -0.2) is 0 Å². The summed E-state index contributed by atoms with van der Waals surface area (Å²) in [5.41, 5.74) is 1.19. The predicted molar refractivity (Wildman–Crippen MR) is 108 cm³/mol. The second kappa shape index (κ2) is 9.14. The van der Waals surface area contributed by atoms with Crippen molar-refractivity contribution in [3.05, 3.63) is 29.6 Å². The molecule has 1 aromatic carbocycles. The molecule has 0 spiro atoms. The quantitative estimate of drug-likeness (QED) is 0.632. The van der Waals surface area contributed by atoms with Gasteiger partial charge in [0.1, 0.15) is 17.8 Å². The van der Waals surface area contributed by atoms with Gasteiger partial charge in [0, 0.05) is 32.9 Å². The molecule has 1 heterocycles. The van der Waals surface area contributed by atoms with Gasteiger partial charge in [-0.2, -0.15) is 28.2 Å². The Hall–Kier alpha value is -3.48. The van der Waals surface area contributed by atoms with Crippen LogP contribution in [0.5, 0.6) is 0 Å². The summed E-state index contributed by atoms with van der Waals surface area (Å²) in [6.07, 6.45) is 0. The minimum absolute atomic E-state index is 0.0214. The Bertz CT molecular complexity index is 1060. The fraction of sp³-hybridized carbons (Fsp3) is 0.353. The van der Waals surface area contributed by atoms with Crippen LogP contribution in [0.3, 0.4) is 0 Å². The average Bonchev–Trinajstić information content (AvgIpc) is 3.10. The number of hydrogen-bond acceptors (Lipinski definition) is 8. The molecule has 0 saturated carbocycles. The number of imidazole rings is 1. The maximum Gasteiger partial charge on any atom is 0.301 e. The van der Waals surface area contributed by atoms with E-state index in [4.69, 9.17) is 10.5 Å². The van der Waals surface area contributed by atoms with Crippen LogP contribution in [-0.4, -0.2) is 49.9 Å². The SMILES string of the molecule is CCN(CC)c1ccc(/N=N/c2nc(C#N)c(C#N)[nH]2)c(NS(=O)(=O)N(C)C)c1. The van der Waals surface area contributed by atoms with E-state index in [1.807, 2.05) is 19.9 Å². The number of nitriles is 2. The Morgan fingerprint density at radius 2 is 1.86 bits per heavy atom. The third-order valence-corrected chi connectivity index (χ3v) is 5.43. The lowest BCUT2D eigenvalue weighted by Crippen LogP contribution is -2.29. The van der Waals surface area contributed by atoms with Gasteiger partial charge in [0.2, 0.25) is 5.95 Å². The molecule has 0 fully saturated rings. The highest BCUT2D eigenvalue weighted by atomic mass is 32.2. The number of benzene rings is 1. The first-order chi connectivity index (χ1) is 13.7. The molecule has 0 aliphatic heterocycles. The van der Waals surface area contributed by atoms with Crippen molar-refractivity contribution in [1.82, 2.24) is 14.3 Å². The van der Waals surface area contributed by atoms with E-state index in [1.54, 1.807) is 24.3 Å². The topological polar surface area (TPSA) is 154 Å². The van der Waals surface area contributed by atoms with Crippen LogP contribution < -0.4 is 9.62 Å². The highest BCUT2D eigenvalue weighted by molar-refractivity contribution is 7.90. The zero-order valence-corrected chi connectivity index (χ0v) is 17.3. The molecule has 2 rings (SSSR count). The molecule has 0 unspecified atom stereocenters. The van der Waals surface area contributed by atoms with Crippen LogP contribution in [0, 0.1) is 22.7 Å². The van der Waals surface area contributed by atoms with Crippen molar-refractivity contribution < 1.29 is 8.42 Å². The van der Waals surface area contributed by atoms with E-state index in [0.29, 0.717) is 0 Å². The third kappa shape index (κ3) is 5.07. The number of azo groups is 1. The monoisotopic (exact) mass is 415 g/mol. The zero-order valence-electron chi connectivity index (χ0n) is 16.5. The summed E-state index contributed by atoms with van der Waals surface area (Å²) >= 11 is 0. The van der Waals surface area contributed by atoms with Crippen LogP contribution in [0.2, 0.25) is 0 Å². The minimum Gasteiger partial charge on any atom is -0.372 e. The molecule has 0 radical (unpaired) electrons. The van der Waals surface area contributed by atoms with Gasteiger partial charge in [-0.05, 0) is 32.0 Å². The highest BCUT2D eigenvalue weighted by Crippen LogP contribution is 2.32. The van der Waals surface area contributed by atoms with Crippen LogP contribution in [-0.2, 0) is 10.2 Å². The first-order valence-corrected chi connectivity index (χ1v) is 10.1. The Balaban J connectivity index is 2.48. The number of aromatic amines is 1. The molecule has 152 valence electrons. The van der Waals surface area contributed by atoms with Crippen LogP contribution in [0.25, 0.3) is 0 Å². The van der Waals surface area contributed by atoms with Gasteiger partial charge in [0.15, 0.2) is 11.4 Å². The molecule has 29 heavy (non-hydrogen) atoms. The number of H-pyrrole nitrogens is 1. The Labute approximate surface area is 169 Å². The molecule has 0 amide bonds. The molecule has 2 aromatic rings. The van der Waals surface area contributed by atoms with Crippen molar-refractivity contribution >= 4 is 33.2 Å². The predicted octanol–water partition coefficient (Wildman–Crippen LogP) is 2.63. The first kappa shape index (κ1) is 21.8. The molecule has 1 aromatic heterocycles. The average molecular weight is 415 g/mol. The van der Waals surface area contributed by atoms with E-state index in [2.05, 4.69) is 29.8 Å². The summed E-state index contributed by atoms with van der Waals surface area (Å²) < 4.78 is 28.2. The first-order valence-electron chi connectivity index (χ1n) is 8.66. The summed E-state index contributed by atoms with van der Waals surface area (Å²) in [6, 6.07) is 8.70. The molecule has 0 aliphatic rings. The second-order valence-corrected chi connectivity index (χ2v) is 7.86. The maximum absolute atomic E-state index is 12.3. The number of hydrogen-bond donors (Lipinski definition) is 2. The smallest absolute Gasteiger partial charge is 0.301 e. The Morgan fingerprint density at radius 3 is 2.38 bits per heavy atom.